The van der Waals surface area contributed by atoms with Gasteiger partial charge >= 0.3 is 0 Å². The molecule has 0 aliphatic carbocycles. The number of aliphatic hydroxyl groups is 2. The largest absolute Gasteiger partial charge is 0.394 e. The fourth-order valence-electron chi connectivity index (χ4n) is 1.98. The van der Waals surface area contributed by atoms with Crippen molar-refractivity contribution in [1.29, 1.82) is 0 Å². The van der Waals surface area contributed by atoms with Crippen LogP contribution in [0.1, 0.15) is 34.1 Å². The highest BCUT2D eigenvalue weighted by Gasteiger charge is 2.30. The van der Waals surface area contributed by atoms with Gasteiger partial charge in [0, 0.05) is 0 Å². The second kappa shape index (κ2) is 10.6. The molecule has 9 heteroatoms. The zero-order chi connectivity index (χ0) is 18.2. The van der Waals surface area contributed by atoms with Crippen molar-refractivity contribution < 1.29 is 24.6 Å². The van der Waals surface area contributed by atoms with Crippen LogP contribution in [0, 0.1) is 5.92 Å². The lowest BCUT2D eigenvalue weighted by Crippen LogP contribution is -2.58. The Labute approximate surface area is 141 Å². The molecule has 0 heterocycles. The van der Waals surface area contributed by atoms with E-state index in [-0.39, 0.29) is 11.7 Å². The molecule has 0 aliphatic rings. The number of aliphatic hydroxyl groups excluding tert-OH is 2. The normalized spacial score (nSPS) is 17.5. The number of hydrogen-bond acceptors (Lipinski definition) is 7. The number of Topliss-reactive ketones (excluding diaryl/α,β-unsaturated/α-hetero) is 1. The van der Waals surface area contributed by atoms with Gasteiger partial charge < -0.3 is 20.8 Å². The first-order chi connectivity index (χ1) is 10.7. The van der Waals surface area contributed by atoms with E-state index in [1.54, 1.807) is 0 Å². The summed E-state index contributed by atoms with van der Waals surface area (Å²) in [6.45, 7) is 5.84. The molecular weight excluding hydrogens is 322 g/mol. The monoisotopic (exact) mass is 349 g/mol. The van der Waals surface area contributed by atoms with Crippen LogP contribution in [0.25, 0.3) is 0 Å². The molecule has 0 radical (unpaired) electrons. The van der Waals surface area contributed by atoms with Gasteiger partial charge in [0.25, 0.3) is 0 Å². The van der Waals surface area contributed by atoms with Gasteiger partial charge in [-0.25, -0.2) is 0 Å². The third-order valence-corrected chi connectivity index (χ3v) is 3.95. The Morgan fingerprint density at radius 2 is 1.65 bits per heavy atom. The van der Waals surface area contributed by atoms with Gasteiger partial charge in [0.2, 0.25) is 11.8 Å². The predicted molar refractivity (Wildman–Crippen MR) is 88.7 cm³/mol. The Hall–Kier alpha value is -1.16. The third-order valence-electron chi connectivity index (χ3n) is 3.67. The van der Waals surface area contributed by atoms with Crippen molar-refractivity contribution in [2.45, 2.75) is 58.3 Å². The highest BCUT2D eigenvalue weighted by atomic mass is 32.1. The molecule has 0 aromatic rings. The Morgan fingerprint density at radius 1 is 1.09 bits per heavy atom. The van der Waals surface area contributed by atoms with E-state index in [0.29, 0.717) is 6.42 Å². The number of thiol groups is 1. The maximum absolute atomic E-state index is 12.2. The van der Waals surface area contributed by atoms with E-state index in [0.717, 1.165) is 0 Å². The SMILES string of the molecule is CC[C@H](C)C(NC(=O)[C@H](CO)NC(=O)[C@@H](NS)[C@@H](C)O)C(C)=O. The molecule has 0 fully saturated rings. The highest BCUT2D eigenvalue weighted by molar-refractivity contribution is 7.78. The molecule has 134 valence electrons. The molecule has 23 heavy (non-hydrogen) atoms. The van der Waals surface area contributed by atoms with Crippen LogP contribution in [0.3, 0.4) is 0 Å². The summed E-state index contributed by atoms with van der Waals surface area (Å²) in [6.07, 6.45) is -0.353. The van der Waals surface area contributed by atoms with Crippen LogP contribution in [0.15, 0.2) is 0 Å². The topological polar surface area (TPSA) is 128 Å². The average molecular weight is 349 g/mol. The second-order valence-electron chi connectivity index (χ2n) is 5.57. The van der Waals surface area contributed by atoms with Crippen LogP contribution < -0.4 is 15.4 Å². The third kappa shape index (κ3) is 6.86. The van der Waals surface area contributed by atoms with Crippen molar-refractivity contribution in [1.82, 2.24) is 15.4 Å². The number of carbonyl (C=O) groups excluding carboxylic acids is 3. The predicted octanol–water partition coefficient (Wildman–Crippen LogP) is -1.23. The number of amides is 2. The van der Waals surface area contributed by atoms with Crippen LogP contribution in [0.2, 0.25) is 0 Å². The maximum Gasteiger partial charge on any atom is 0.245 e. The molecule has 0 aliphatic heterocycles. The van der Waals surface area contributed by atoms with E-state index in [4.69, 9.17) is 0 Å². The summed E-state index contributed by atoms with van der Waals surface area (Å²) in [4.78, 5) is 35.8. The number of nitrogens with one attached hydrogen (secondary N) is 3. The standard InChI is InChI=1S/C14H27N3O5S/c1-5-7(2)11(8(3)19)16-13(21)10(6-18)15-14(22)12(17-23)9(4)20/h7,9-12,17-18,20,23H,5-6H2,1-4H3,(H,15,22)(H,16,21)/t7-,9+,10-,11?,12-/m0/s1. The van der Waals surface area contributed by atoms with Crippen LogP contribution in [-0.4, -0.2) is 58.6 Å². The second-order valence-corrected chi connectivity index (χ2v) is 5.83. The Kier molecular flexibility index (Phi) is 10.1. The molecule has 0 spiro atoms. The first-order valence-corrected chi connectivity index (χ1v) is 7.93. The minimum atomic E-state index is -1.23. The molecule has 0 saturated heterocycles. The minimum Gasteiger partial charge on any atom is -0.394 e. The Balaban J connectivity index is 4.92. The molecule has 0 saturated carbocycles. The van der Waals surface area contributed by atoms with Crippen LogP contribution >= 0.6 is 12.8 Å². The molecular formula is C14H27N3O5S. The zero-order valence-electron chi connectivity index (χ0n) is 13.9. The number of ketones is 1. The molecule has 1 unspecified atom stereocenters. The van der Waals surface area contributed by atoms with Gasteiger partial charge in [-0.2, -0.15) is 0 Å². The Bertz CT molecular complexity index is 419. The van der Waals surface area contributed by atoms with Gasteiger partial charge in [0.1, 0.15) is 12.1 Å². The van der Waals surface area contributed by atoms with E-state index in [1.807, 2.05) is 13.8 Å². The summed E-state index contributed by atoms with van der Waals surface area (Å²) in [5, 5.41) is 23.6. The summed E-state index contributed by atoms with van der Waals surface area (Å²) in [5.41, 5.74) is 0. The van der Waals surface area contributed by atoms with Gasteiger partial charge in [-0.15, -0.1) is 0 Å². The van der Waals surface area contributed by atoms with Crippen molar-refractivity contribution in [2.24, 2.45) is 5.92 Å². The fraction of sp³-hybridized carbons (Fsp3) is 0.786. The van der Waals surface area contributed by atoms with Crippen LogP contribution in [0.5, 0.6) is 0 Å². The van der Waals surface area contributed by atoms with E-state index >= 15 is 0 Å². The molecule has 0 aromatic heterocycles. The van der Waals surface area contributed by atoms with E-state index < -0.39 is 42.7 Å². The molecule has 0 rings (SSSR count). The molecule has 5 atom stereocenters. The number of carbonyl (C=O) groups is 3. The van der Waals surface area contributed by atoms with Gasteiger partial charge in [-0.05, 0) is 19.8 Å². The van der Waals surface area contributed by atoms with Crippen molar-refractivity contribution in [3.8, 4) is 0 Å². The summed E-state index contributed by atoms with van der Waals surface area (Å²) in [6, 6.07) is -2.95. The first kappa shape index (κ1) is 21.8. The maximum atomic E-state index is 12.2. The van der Waals surface area contributed by atoms with Gasteiger partial charge in [-0.1, -0.05) is 33.1 Å². The highest BCUT2D eigenvalue weighted by Crippen LogP contribution is 2.09. The van der Waals surface area contributed by atoms with Crippen molar-refractivity contribution in [2.75, 3.05) is 6.61 Å². The lowest BCUT2D eigenvalue weighted by atomic mass is 9.96. The van der Waals surface area contributed by atoms with E-state index in [1.165, 1.54) is 13.8 Å². The number of rotatable bonds is 10. The smallest absolute Gasteiger partial charge is 0.245 e. The van der Waals surface area contributed by atoms with E-state index in [2.05, 4.69) is 28.2 Å². The molecule has 8 nitrogen and oxygen atoms in total. The van der Waals surface area contributed by atoms with E-state index in [9.17, 15) is 24.6 Å². The van der Waals surface area contributed by atoms with Crippen LogP contribution in [-0.2, 0) is 14.4 Å². The van der Waals surface area contributed by atoms with Crippen molar-refractivity contribution >= 4 is 30.4 Å². The molecule has 0 bridgehead atoms. The lowest BCUT2D eigenvalue weighted by molar-refractivity contribution is -0.133. The van der Waals surface area contributed by atoms with Crippen molar-refractivity contribution in [3.63, 3.8) is 0 Å². The lowest BCUT2D eigenvalue weighted by Gasteiger charge is -2.26. The molecule has 2 amide bonds. The molecule has 0 aromatic carbocycles. The summed E-state index contributed by atoms with van der Waals surface area (Å²) < 4.78 is 2.32. The van der Waals surface area contributed by atoms with Gasteiger partial charge in [0.05, 0.1) is 18.8 Å². The minimum absolute atomic E-state index is 0.0733. The average Bonchev–Trinajstić information content (AvgIpc) is 2.49. The van der Waals surface area contributed by atoms with Crippen LogP contribution in [0.4, 0.5) is 0 Å². The quantitative estimate of drug-likeness (QED) is 0.274. The molecule has 5 N–H and O–H groups in total. The summed E-state index contributed by atoms with van der Waals surface area (Å²) in [5.74, 6) is -1.62. The van der Waals surface area contributed by atoms with Gasteiger partial charge in [-0.3, -0.25) is 19.1 Å². The zero-order valence-corrected chi connectivity index (χ0v) is 14.8. The fourth-order valence-corrected chi connectivity index (χ4v) is 2.31. The first-order valence-electron chi connectivity index (χ1n) is 7.49. The van der Waals surface area contributed by atoms with Crippen molar-refractivity contribution in [3.05, 3.63) is 0 Å². The summed E-state index contributed by atoms with van der Waals surface area (Å²) in [7, 11) is 0. The Morgan fingerprint density at radius 3 is 2.00 bits per heavy atom. The van der Waals surface area contributed by atoms with Gasteiger partial charge in [0.15, 0.2) is 5.78 Å². The summed E-state index contributed by atoms with van der Waals surface area (Å²) >= 11 is 3.74. The number of hydrogen-bond donors (Lipinski definition) is 6.